The molecule has 0 amide bonds. The number of carboxylic acid groups (broad SMARTS) is 1. The molecule has 1 aromatic rings. The summed E-state index contributed by atoms with van der Waals surface area (Å²) >= 11 is 0. The van der Waals surface area contributed by atoms with Gasteiger partial charge in [0.05, 0.1) is 6.54 Å². The highest BCUT2D eigenvalue weighted by Crippen LogP contribution is 2.06. The number of carboxylic acids is 1. The van der Waals surface area contributed by atoms with Crippen LogP contribution in [-0.2, 0) is 11.3 Å². The van der Waals surface area contributed by atoms with Gasteiger partial charge in [0.25, 0.3) is 0 Å². The molecule has 5 heteroatoms. The zero-order valence-corrected chi connectivity index (χ0v) is 10.8. The van der Waals surface area contributed by atoms with E-state index in [4.69, 9.17) is 5.11 Å². The Balaban J connectivity index is 2.59. The van der Waals surface area contributed by atoms with E-state index >= 15 is 0 Å². The largest absolute Gasteiger partial charge is 0.480 e. The molecule has 4 nitrogen and oxygen atoms in total. The summed E-state index contributed by atoms with van der Waals surface area (Å²) in [6, 6.07) is 6.14. The molecule has 1 N–H and O–H groups in total. The molecule has 0 aromatic heterocycles. The number of hydrogen-bond donors (Lipinski definition) is 1. The summed E-state index contributed by atoms with van der Waals surface area (Å²) in [5.41, 5.74) is 0.913. The maximum Gasteiger partial charge on any atom is 0.317 e. The Kier molecular flexibility index (Phi) is 5.74. The van der Waals surface area contributed by atoms with Crippen LogP contribution in [0.1, 0.15) is 5.56 Å². The average molecular weight is 254 g/mol. The lowest BCUT2D eigenvalue weighted by molar-refractivity contribution is -0.138. The van der Waals surface area contributed by atoms with Crippen LogP contribution in [0.15, 0.2) is 24.3 Å². The van der Waals surface area contributed by atoms with E-state index < -0.39 is 5.97 Å². The fourth-order valence-corrected chi connectivity index (χ4v) is 1.59. The lowest BCUT2D eigenvalue weighted by atomic mass is 10.2. The molecule has 0 spiro atoms. The van der Waals surface area contributed by atoms with Crippen molar-refractivity contribution in [2.45, 2.75) is 6.54 Å². The number of likely N-dealkylation sites (N-methyl/N-ethyl adjacent to an activating group) is 1. The minimum Gasteiger partial charge on any atom is -0.480 e. The van der Waals surface area contributed by atoms with E-state index in [1.165, 1.54) is 12.1 Å². The maximum absolute atomic E-state index is 12.8. The second kappa shape index (κ2) is 7.08. The Hall–Kier alpha value is -1.46. The van der Waals surface area contributed by atoms with Gasteiger partial charge in [-0.1, -0.05) is 12.1 Å². The van der Waals surface area contributed by atoms with Crippen LogP contribution in [0.3, 0.4) is 0 Å². The molecule has 0 radical (unpaired) electrons. The molecule has 100 valence electrons. The zero-order valence-electron chi connectivity index (χ0n) is 10.8. The summed E-state index contributed by atoms with van der Waals surface area (Å²) in [4.78, 5) is 14.6. The Bertz CT molecular complexity index is 379. The molecule has 1 rings (SSSR count). The predicted octanol–water partition coefficient (Wildman–Crippen LogP) is 1.27. The Morgan fingerprint density at radius 2 is 1.83 bits per heavy atom. The molecule has 0 unspecified atom stereocenters. The van der Waals surface area contributed by atoms with E-state index in [1.54, 1.807) is 12.1 Å². The molecule has 0 saturated carbocycles. The van der Waals surface area contributed by atoms with Crippen molar-refractivity contribution in [1.82, 2.24) is 9.80 Å². The highest BCUT2D eigenvalue weighted by Gasteiger charge is 2.10. The molecule has 0 aliphatic heterocycles. The highest BCUT2D eigenvalue weighted by atomic mass is 19.1. The van der Waals surface area contributed by atoms with Gasteiger partial charge in [0.1, 0.15) is 5.82 Å². The van der Waals surface area contributed by atoms with Crippen molar-refractivity contribution in [2.75, 3.05) is 33.7 Å². The SMILES string of the molecule is CN(C)CCN(CC(=O)O)Cc1ccc(F)cc1. The first-order chi connectivity index (χ1) is 8.47. The van der Waals surface area contributed by atoms with Gasteiger partial charge in [-0.25, -0.2) is 4.39 Å². The van der Waals surface area contributed by atoms with Crippen molar-refractivity contribution in [3.8, 4) is 0 Å². The van der Waals surface area contributed by atoms with Gasteiger partial charge in [0, 0.05) is 19.6 Å². The van der Waals surface area contributed by atoms with Crippen molar-refractivity contribution in [1.29, 1.82) is 0 Å². The minimum atomic E-state index is -0.851. The first-order valence-corrected chi connectivity index (χ1v) is 5.80. The second-order valence-electron chi connectivity index (χ2n) is 4.53. The molecule has 0 fully saturated rings. The van der Waals surface area contributed by atoms with Gasteiger partial charge in [0.15, 0.2) is 0 Å². The van der Waals surface area contributed by atoms with E-state index in [9.17, 15) is 9.18 Å². The van der Waals surface area contributed by atoms with Crippen LogP contribution in [0.25, 0.3) is 0 Å². The second-order valence-corrected chi connectivity index (χ2v) is 4.53. The summed E-state index contributed by atoms with van der Waals surface area (Å²) in [6.45, 7) is 1.96. The van der Waals surface area contributed by atoms with Crippen molar-refractivity contribution >= 4 is 5.97 Å². The van der Waals surface area contributed by atoms with Gasteiger partial charge >= 0.3 is 5.97 Å². The van der Waals surface area contributed by atoms with E-state index in [1.807, 2.05) is 23.9 Å². The van der Waals surface area contributed by atoms with Gasteiger partial charge in [-0.15, -0.1) is 0 Å². The van der Waals surface area contributed by atoms with E-state index in [0.29, 0.717) is 13.1 Å². The third-order valence-corrected chi connectivity index (χ3v) is 2.54. The number of aliphatic carboxylic acids is 1. The number of benzene rings is 1. The van der Waals surface area contributed by atoms with Crippen LogP contribution >= 0.6 is 0 Å². The van der Waals surface area contributed by atoms with E-state index in [-0.39, 0.29) is 12.4 Å². The van der Waals surface area contributed by atoms with Crippen LogP contribution < -0.4 is 0 Å². The summed E-state index contributed by atoms with van der Waals surface area (Å²) in [7, 11) is 3.88. The topological polar surface area (TPSA) is 43.8 Å². The number of carbonyl (C=O) groups is 1. The molecular formula is C13H19FN2O2. The fraction of sp³-hybridized carbons (Fsp3) is 0.462. The fourth-order valence-electron chi connectivity index (χ4n) is 1.59. The molecule has 1 aromatic carbocycles. The summed E-state index contributed by atoms with van der Waals surface area (Å²) < 4.78 is 12.8. The quantitative estimate of drug-likeness (QED) is 0.796. The summed E-state index contributed by atoms with van der Waals surface area (Å²) in [6.07, 6.45) is 0. The average Bonchev–Trinajstić information content (AvgIpc) is 2.28. The van der Waals surface area contributed by atoms with Crippen molar-refractivity contribution in [2.24, 2.45) is 0 Å². The number of nitrogens with zero attached hydrogens (tertiary/aromatic N) is 2. The molecule has 0 saturated heterocycles. The third kappa shape index (κ3) is 5.75. The molecule has 0 aliphatic carbocycles. The van der Waals surface area contributed by atoms with Gasteiger partial charge in [0.2, 0.25) is 0 Å². The Labute approximate surface area is 107 Å². The Morgan fingerprint density at radius 3 is 2.33 bits per heavy atom. The summed E-state index contributed by atoms with van der Waals surface area (Å²) in [5.74, 6) is -1.13. The third-order valence-electron chi connectivity index (χ3n) is 2.54. The van der Waals surface area contributed by atoms with Gasteiger partial charge in [-0.2, -0.15) is 0 Å². The van der Waals surface area contributed by atoms with Crippen molar-refractivity contribution < 1.29 is 14.3 Å². The smallest absolute Gasteiger partial charge is 0.317 e. The molecule has 18 heavy (non-hydrogen) atoms. The lowest BCUT2D eigenvalue weighted by Crippen LogP contribution is -2.35. The normalized spacial score (nSPS) is 11.2. The number of halogens is 1. The van der Waals surface area contributed by atoms with Crippen LogP contribution in [0, 0.1) is 5.82 Å². The molecule has 0 heterocycles. The van der Waals surface area contributed by atoms with Crippen molar-refractivity contribution in [3.63, 3.8) is 0 Å². The van der Waals surface area contributed by atoms with Gasteiger partial charge in [-0.05, 0) is 31.8 Å². The first-order valence-electron chi connectivity index (χ1n) is 5.80. The molecule has 0 atom stereocenters. The monoisotopic (exact) mass is 254 g/mol. The van der Waals surface area contributed by atoms with Crippen LogP contribution in [0.2, 0.25) is 0 Å². The molecular weight excluding hydrogens is 235 g/mol. The van der Waals surface area contributed by atoms with Crippen molar-refractivity contribution in [3.05, 3.63) is 35.6 Å². The Morgan fingerprint density at radius 1 is 1.22 bits per heavy atom. The van der Waals surface area contributed by atoms with Gasteiger partial charge in [-0.3, -0.25) is 9.69 Å². The molecule has 0 bridgehead atoms. The first kappa shape index (κ1) is 14.6. The standard InChI is InChI=1S/C13H19FN2O2/c1-15(2)7-8-16(10-13(17)18)9-11-3-5-12(14)6-4-11/h3-6H,7-10H2,1-2H3,(H,17,18). The summed E-state index contributed by atoms with van der Waals surface area (Å²) in [5, 5.41) is 8.86. The maximum atomic E-state index is 12.8. The van der Waals surface area contributed by atoms with E-state index in [2.05, 4.69) is 0 Å². The minimum absolute atomic E-state index is 0.00871. The zero-order chi connectivity index (χ0) is 13.5. The predicted molar refractivity (Wildman–Crippen MR) is 67.9 cm³/mol. The lowest BCUT2D eigenvalue weighted by Gasteiger charge is -2.22. The number of rotatable bonds is 7. The van der Waals surface area contributed by atoms with Gasteiger partial charge < -0.3 is 10.0 Å². The van der Waals surface area contributed by atoms with Crippen LogP contribution in [-0.4, -0.2) is 54.6 Å². The number of hydrogen-bond acceptors (Lipinski definition) is 3. The molecule has 0 aliphatic rings. The van der Waals surface area contributed by atoms with Crippen LogP contribution in [0.4, 0.5) is 4.39 Å². The van der Waals surface area contributed by atoms with E-state index in [0.717, 1.165) is 12.1 Å². The van der Waals surface area contributed by atoms with Crippen LogP contribution in [0.5, 0.6) is 0 Å². The highest BCUT2D eigenvalue weighted by molar-refractivity contribution is 5.69.